The summed E-state index contributed by atoms with van der Waals surface area (Å²) in [4.78, 5) is 2.42. The maximum atomic E-state index is 2.65. The molecule has 0 spiro atoms. The van der Waals surface area contributed by atoms with Crippen LogP contribution < -0.4 is 15.3 Å². The van der Waals surface area contributed by atoms with Gasteiger partial charge in [-0.05, 0) is 102 Å². The molecule has 8 aromatic carbocycles. The van der Waals surface area contributed by atoms with Crippen molar-refractivity contribution in [2.24, 2.45) is 11.8 Å². The number of nitrogens with zero attached hydrogens (tertiary/aromatic N) is 1. The van der Waals surface area contributed by atoms with E-state index in [9.17, 15) is 0 Å². The lowest BCUT2D eigenvalue weighted by Gasteiger charge is -2.56. The van der Waals surface area contributed by atoms with Gasteiger partial charge < -0.3 is 4.90 Å². The van der Waals surface area contributed by atoms with E-state index in [0.29, 0.717) is 5.25 Å². The molecule has 5 atom stereocenters. The smallest absolute Gasteiger partial charge is 0.0462 e. The highest BCUT2D eigenvalue weighted by molar-refractivity contribution is 8.01. The largest absolute Gasteiger partial charge is 0.311 e. The summed E-state index contributed by atoms with van der Waals surface area (Å²) in [5.41, 5.74) is 16.1. The summed E-state index contributed by atoms with van der Waals surface area (Å²) in [6, 6.07) is 74.5. The summed E-state index contributed by atoms with van der Waals surface area (Å²) >= 11 is 2.14. The molecule has 0 bridgehead atoms. The van der Waals surface area contributed by atoms with Crippen LogP contribution in [-0.2, 0) is 10.8 Å². The molecule has 0 N–H and O–H groups in total. The van der Waals surface area contributed by atoms with E-state index >= 15 is 0 Å². The van der Waals surface area contributed by atoms with Crippen molar-refractivity contribution >= 4 is 41.0 Å². The van der Waals surface area contributed by atoms with E-state index in [1.165, 1.54) is 66.1 Å². The lowest BCUT2D eigenvalue weighted by atomic mass is 9.53. The fourth-order valence-electron chi connectivity index (χ4n) is 11.7. The predicted octanol–water partition coefficient (Wildman–Crippen LogP) is 14.2. The second kappa shape index (κ2) is 15.4. The molecule has 1 fully saturated rings. The normalized spacial score (nSPS) is 21.8. The van der Waals surface area contributed by atoms with Crippen molar-refractivity contribution in [3.8, 4) is 33.4 Å². The zero-order chi connectivity index (χ0) is 42.8. The number of hydrogen-bond donors (Lipinski definition) is 0. The van der Waals surface area contributed by atoms with Crippen molar-refractivity contribution in [1.82, 2.24) is 0 Å². The monoisotopic (exact) mass is 839 g/mol. The Bertz CT molecular complexity index is 3140. The molecule has 1 saturated heterocycles. The van der Waals surface area contributed by atoms with Crippen LogP contribution in [0.5, 0.6) is 0 Å². The number of hydrogen-bond acceptors (Lipinski definition) is 2. The summed E-state index contributed by atoms with van der Waals surface area (Å²) in [5.74, 6) is 0.427. The lowest BCUT2D eigenvalue weighted by molar-refractivity contribution is 0.296. The summed E-state index contributed by atoms with van der Waals surface area (Å²) in [6.45, 7) is 4.91. The van der Waals surface area contributed by atoms with Crippen LogP contribution in [0.1, 0.15) is 36.1 Å². The summed E-state index contributed by atoms with van der Waals surface area (Å²) < 4.78 is 0. The molecule has 5 unspecified atom stereocenters. The van der Waals surface area contributed by atoms with Gasteiger partial charge in [-0.15, -0.1) is 11.8 Å². The van der Waals surface area contributed by atoms with Crippen LogP contribution in [0.4, 0.5) is 17.1 Å². The van der Waals surface area contributed by atoms with Gasteiger partial charge in [0.15, 0.2) is 0 Å². The second-order valence-electron chi connectivity index (χ2n) is 18.3. The molecular weight excluding hydrogens is 791 g/mol. The molecule has 1 nitrogen and oxygen atoms in total. The Kier molecular flexibility index (Phi) is 9.35. The highest BCUT2D eigenvalue weighted by atomic mass is 32.2. The molecule has 64 heavy (non-hydrogen) atoms. The molecule has 308 valence electrons. The number of fused-ring (bicyclic) bond motifs is 6. The topological polar surface area (TPSA) is 3.24 Å². The predicted molar refractivity (Wildman–Crippen MR) is 272 cm³/mol. The van der Waals surface area contributed by atoms with Crippen LogP contribution in [0.2, 0.25) is 0 Å². The minimum absolute atomic E-state index is 0.176. The van der Waals surface area contributed by atoms with Crippen LogP contribution in [0, 0.1) is 11.8 Å². The molecule has 1 aliphatic heterocycles. The third kappa shape index (κ3) is 6.15. The summed E-state index contributed by atoms with van der Waals surface area (Å²) in [6.07, 6.45) is 14.8. The van der Waals surface area contributed by atoms with E-state index < -0.39 is 0 Å². The lowest BCUT2D eigenvalue weighted by Crippen LogP contribution is -2.56. The number of thioether (sulfide) groups is 1. The maximum Gasteiger partial charge on any atom is 0.0462 e. The number of benzene rings is 8. The van der Waals surface area contributed by atoms with Gasteiger partial charge in [-0.2, -0.15) is 0 Å². The van der Waals surface area contributed by atoms with E-state index in [-0.39, 0.29) is 27.9 Å². The van der Waals surface area contributed by atoms with Crippen molar-refractivity contribution in [3.05, 3.63) is 257 Å². The highest BCUT2D eigenvalue weighted by Crippen LogP contribution is 2.63. The van der Waals surface area contributed by atoms with Crippen LogP contribution in [0.15, 0.2) is 224 Å². The van der Waals surface area contributed by atoms with Crippen molar-refractivity contribution in [3.63, 3.8) is 0 Å². The molecule has 8 aromatic rings. The Balaban J connectivity index is 1.06. The average Bonchev–Trinajstić information content (AvgIpc) is 3.60. The molecule has 1 heterocycles. The van der Waals surface area contributed by atoms with Gasteiger partial charge in [0.2, 0.25) is 0 Å². The fourth-order valence-corrected chi connectivity index (χ4v) is 13.4. The number of rotatable bonds is 7. The van der Waals surface area contributed by atoms with Gasteiger partial charge in [-0.3, -0.25) is 0 Å². The number of anilines is 3. The van der Waals surface area contributed by atoms with Gasteiger partial charge >= 0.3 is 0 Å². The molecule has 4 aliphatic rings. The van der Waals surface area contributed by atoms with Crippen molar-refractivity contribution < 1.29 is 0 Å². The zero-order valence-electron chi connectivity index (χ0n) is 36.2. The van der Waals surface area contributed by atoms with Gasteiger partial charge in [0.05, 0.1) is 0 Å². The molecule has 3 aliphatic carbocycles. The van der Waals surface area contributed by atoms with Gasteiger partial charge in [0.25, 0.3) is 0 Å². The van der Waals surface area contributed by atoms with Crippen molar-refractivity contribution in [1.29, 1.82) is 0 Å². The molecule has 12 rings (SSSR count). The Morgan fingerprint density at radius 2 is 0.906 bits per heavy atom. The Morgan fingerprint density at radius 3 is 1.55 bits per heavy atom. The SMILES string of the molecule is CC1(C)c2ccccc2-c2cccc(C3(c4ccc(N(c5ccc(-c6ccccc6)cc5)c5ccc(-c6ccccc6)cc5)cc4)C4C=CC=CC4SC4C=c5ccccc5=CC43)c21. The third-order valence-electron chi connectivity index (χ3n) is 14.6. The van der Waals surface area contributed by atoms with E-state index in [0.717, 1.165) is 17.1 Å². The summed E-state index contributed by atoms with van der Waals surface area (Å²) in [7, 11) is 0. The number of allylic oxidation sites excluding steroid dienone is 3. The maximum absolute atomic E-state index is 2.65. The highest BCUT2D eigenvalue weighted by Gasteiger charge is 2.58. The van der Waals surface area contributed by atoms with E-state index in [2.05, 4.69) is 267 Å². The first-order valence-corrected chi connectivity index (χ1v) is 23.7. The first-order chi connectivity index (χ1) is 31.5. The van der Waals surface area contributed by atoms with Crippen LogP contribution in [0.3, 0.4) is 0 Å². The molecule has 2 heteroatoms. The third-order valence-corrected chi connectivity index (χ3v) is 16.1. The first-order valence-electron chi connectivity index (χ1n) is 22.7. The van der Waals surface area contributed by atoms with Gasteiger partial charge in [0, 0.05) is 50.2 Å². The summed E-state index contributed by atoms with van der Waals surface area (Å²) in [5, 5.41) is 3.27. The van der Waals surface area contributed by atoms with Gasteiger partial charge in [0.1, 0.15) is 0 Å². The quantitative estimate of drug-likeness (QED) is 0.157. The van der Waals surface area contributed by atoms with E-state index in [1.807, 2.05) is 0 Å². The average molecular weight is 840 g/mol. The fraction of sp³-hybridized carbons (Fsp3) is 0.129. The minimum atomic E-state index is -0.380. The van der Waals surface area contributed by atoms with Crippen molar-refractivity contribution in [2.75, 3.05) is 4.90 Å². The molecular formula is C62H49NS. The van der Waals surface area contributed by atoms with Crippen molar-refractivity contribution in [2.45, 2.75) is 35.2 Å². The van der Waals surface area contributed by atoms with Gasteiger partial charge in [-0.1, -0.05) is 214 Å². The second-order valence-corrected chi connectivity index (χ2v) is 19.7. The Labute approximate surface area is 381 Å². The van der Waals surface area contributed by atoms with E-state index in [1.54, 1.807) is 0 Å². The zero-order valence-corrected chi connectivity index (χ0v) is 37.0. The standard InChI is InChI=1S/C62H49NS/c1-61(2)54-24-12-11-22-52(54)53-23-15-26-56(60(53)61)62(55-25-13-14-27-58(55)64-59-41-47-21-10-9-20-46(47)40-57(59)62)48-32-38-51(39-33-48)63(49-34-28-44(29-35-49)42-16-5-3-6-17-42)50-36-30-45(31-37-50)43-18-7-4-8-19-43/h3-41,55,57-59H,1-2H3. The van der Waals surface area contributed by atoms with Crippen LogP contribution in [0.25, 0.3) is 45.5 Å². The Morgan fingerprint density at radius 1 is 0.406 bits per heavy atom. The molecule has 0 aromatic heterocycles. The molecule has 0 amide bonds. The van der Waals surface area contributed by atoms with E-state index in [4.69, 9.17) is 0 Å². The van der Waals surface area contributed by atoms with Gasteiger partial charge in [-0.25, -0.2) is 0 Å². The molecule has 0 saturated carbocycles. The minimum Gasteiger partial charge on any atom is -0.311 e. The van der Waals surface area contributed by atoms with Crippen LogP contribution >= 0.6 is 11.8 Å². The Hall–Kier alpha value is -6.87. The molecule has 0 radical (unpaired) electrons. The van der Waals surface area contributed by atoms with Crippen LogP contribution in [-0.4, -0.2) is 10.5 Å². The first kappa shape index (κ1) is 38.8.